The van der Waals surface area contributed by atoms with Crippen molar-refractivity contribution >= 4 is 97.6 Å². The number of pyridine rings is 4. The Labute approximate surface area is 614 Å². The average Bonchev–Trinajstić information content (AvgIpc) is 0.886. The van der Waals surface area contributed by atoms with Crippen LogP contribution in [0.5, 0.6) is 0 Å². The van der Waals surface area contributed by atoms with Crippen LogP contribution in [0, 0.1) is 34.3 Å². The number of hydrogen-bond acceptors (Lipinski definition) is 20. The molecule has 106 heavy (non-hydrogen) atoms. The van der Waals surface area contributed by atoms with Gasteiger partial charge in [-0.15, -0.1) is 0 Å². The molecule has 26 nitrogen and oxygen atoms in total. The van der Waals surface area contributed by atoms with Crippen LogP contribution >= 0.6 is 15.9 Å². The number of nitriles is 2. The molecule has 0 radical (unpaired) electrons. The molecule has 2 amide bonds. The van der Waals surface area contributed by atoms with E-state index in [4.69, 9.17) is 18.8 Å². The molecule has 3 saturated heterocycles. The first-order chi connectivity index (χ1) is 50.4. The molecule has 0 spiro atoms. The number of carbonyl (C=O) groups excluding carboxylic acids is 4. The number of aryl methyl sites for hydroxylation is 2. The van der Waals surface area contributed by atoms with Crippen molar-refractivity contribution < 1.29 is 46.7 Å². The summed E-state index contributed by atoms with van der Waals surface area (Å²) in [7, 11) is 2.32. The predicted octanol–water partition coefficient (Wildman–Crippen LogP) is 9.31. The van der Waals surface area contributed by atoms with Gasteiger partial charge in [0, 0.05) is 80.7 Å². The van der Waals surface area contributed by atoms with Gasteiger partial charge in [-0.25, -0.2) is 28.1 Å². The smallest absolute Gasteiger partial charge is 0.398 e. The fourth-order valence-corrected chi connectivity index (χ4v) is 12.3. The molecule has 13 rings (SSSR count). The number of aldehydes is 2. The zero-order valence-electron chi connectivity index (χ0n) is 59.5. The quantitative estimate of drug-likeness (QED) is 0.0756. The van der Waals surface area contributed by atoms with E-state index in [1.54, 1.807) is 136 Å². The fourth-order valence-electron chi connectivity index (χ4n) is 11.8. The highest BCUT2D eigenvalue weighted by atomic mass is 79.9. The van der Waals surface area contributed by atoms with Crippen LogP contribution in [0.3, 0.4) is 0 Å². The van der Waals surface area contributed by atoms with Crippen molar-refractivity contribution in [3.05, 3.63) is 225 Å². The minimum Gasteiger partial charge on any atom is -0.398 e. The number of nitrogens with zero attached hydrogens (tertiary/aromatic N) is 12. The molecule has 10 aromatic rings. The van der Waals surface area contributed by atoms with Gasteiger partial charge in [0.05, 0.1) is 111 Å². The van der Waals surface area contributed by atoms with E-state index in [1.165, 1.54) is 63.9 Å². The molecule has 3 aliphatic rings. The van der Waals surface area contributed by atoms with Gasteiger partial charge in [0.2, 0.25) is 0 Å². The number of hydrogen-bond donors (Lipinski definition) is 2. The number of rotatable bonds is 14. The standard InChI is InChI=1S/C35H30FN7O5.C21H28BN5O5.C20H14BrFN2O2/c1-35(2,20-37)23-15-21-9-10-43(34(47)31(21)26(36)16-23)29-6-4-5-24(25(29)19-44)27-17-28(33(46)41(3)40-27)39-30-8-7-22(18-38-30)32(45)42-11-13-48-14-12-42;1-20(2)21(3,4)32-22(31-20)16-12-15(19(29)26(5)25-16)24-17-7-6-14(13-23-17)18(28)27-8-10-30-11-9-27;1-20(2,11-23)13-8-12-6-7-24(19(26)18(12)16(22)9-13)17-5-3-4-15(21)14(17)10-25/h4-10,15-19H,11-14H2,1-3H3,(H,38,39);6-7,12-13H,8-11H2,1-5H3,(H,23,24);3-10H,1-2H3. The molecule has 3 fully saturated rings. The number of benzene rings is 4. The Morgan fingerprint density at radius 3 is 1.45 bits per heavy atom. The molecule has 542 valence electrons. The van der Waals surface area contributed by atoms with E-state index in [0.717, 1.165) is 4.68 Å². The van der Waals surface area contributed by atoms with Crippen molar-refractivity contribution in [1.29, 1.82) is 10.5 Å². The van der Waals surface area contributed by atoms with E-state index in [9.17, 15) is 53.3 Å². The van der Waals surface area contributed by atoms with Crippen LogP contribution in [0.4, 0.5) is 31.8 Å². The molecule has 4 aromatic carbocycles. The second kappa shape index (κ2) is 30.7. The van der Waals surface area contributed by atoms with Gasteiger partial charge in [-0.1, -0.05) is 18.2 Å². The lowest BCUT2D eigenvalue weighted by atomic mass is 9.84. The molecular weight excluding hydrogens is 1430 g/mol. The lowest BCUT2D eigenvalue weighted by Crippen LogP contribution is -2.41. The minimum atomic E-state index is -0.971. The largest absolute Gasteiger partial charge is 0.516 e. The number of fused-ring (bicyclic) bond motifs is 2. The van der Waals surface area contributed by atoms with Crippen LogP contribution in [-0.4, -0.2) is 144 Å². The van der Waals surface area contributed by atoms with Gasteiger partial charge in [0.1, 0.15) is 34.6 Å². The van der Waals surface area contributed by atoms with Gasteiger partial charge >= 0.3 is 7.12 Å². The Morgan fingerprint density at radius 2 is 1.02 bits per heavy atom. The summed E-state index contributed by atoms with van der Waals surface area (Å²) >= 11 is 3.28. The minimum absolute atomic E-state index is 0.0817. The Bertz CT molecular complexity index is 5470. The normalized spacial score (nSPS) is 14.8. The first-order valence-corrected chi connectivity index (χ1v) is 34.3. The Balaban J connectivity index is 0.000000168. The van der Waals surface area contributed by atoms with Crippen molar-refractivity contribution in [1.82, 2.24) is 48.5 Å². The monoisotopic (exact) mass is 1500 g/mol. The van der Waals surface area contributed by atoms with Gasteiger partial charge in [0.15, 0.2) is 12.6 Å². The van der Waals surface area contributed by atoms with Crippen LogP contribution in [0.2, 0.25) is 0 Å². The topological polar surface area (TPSA) is 323 Å². The van der Waals surface area contributed by atoms with Crippen molar-refractivity contribution in [3.8, 4) is 34.8 Å². The number of nitrogens with one attached hydrogen (secondary N) is 2. The summed E-state index contributed by atoms with van der Waals surface area (Å²) in [6.07, 6.45) is 7.09. The summed E-state index contributed by atoms with van der Waals surface area (Å²) in [5, 5.41) is 33.9. The second-order valence-corrected chi connectivity index (χ2v) is 28.1. The Hall–Kier alpha value is -11.5. The first kappa shape index (κ1) is 75.6. The van der Waals surface area contributed by atoms with E-state index in [2.05, 4.69) is 58.9 Å². The fraction of sp³-hybridized carbons (Fsp3) is 0.289. The number of ether oxygens (including phenoxy) is 2. The maximum absolute atomic E-state index is 15.4. The van der Waals surface area contributed by atoms with E-state index < -0.39 is 57.5 Å². The third kappa shape index (κ3) is 15.5. The van der Waals surface area contributed by atoms with Gasteiger partial charge in [-0.2, -0.15) is 20.7 Å². The number of anilines is 4. The molecule has 0 aliphatic carbocycles. The number of carbonyl (C=O) groups is 4. The van der Waals surface area contributed by atoms with Gasteiger partial charge < -0.3 is 39.2 Å². The Morgan fingerprint density at radius 1 is 0.585 bits per heavy atom. The van der Waals surface area contributed by atoms with Gasteiger partial charge in [0.25, 0.3) is 34.1 Å². The number of amides is 2. The predicted molar refractivity (Wildman–Crippen MR) is 397 cm³/mol. The van der Waals surface area contributed by atoms with E-state index >= 15 is 4.39 Å². The maximum atomic E-state index is 15.4. The molecule has 3 aliphatic heterocycles. The highest BCUT2D eigenvalue weighted by molar-refractivity contribution is 9.10. The average molecular weight is 1500 g/mol. The van der Waals surface area contributed by atoms with Crippen LogP contribution in [0.25, 0.3) is 44.2 Å². The van der Waals surface area contributed by atoms with Gasteiger partial charge in [-0.05, 0) is 184 Å². The zero-order chi connectivity index (χ0) is 76.3. The lowest BCUT2D eigenvalue weighted by molar-refractivity contribution is 0.00578. The second-order valence-electron chi connectivity index (χ2n) is 27.2. The van der Waals surface area contributed by atoms with Crippen LogP contribution in [0.15, 0.2) is 158 Å². The summed E-state index contributed by atoms with van der Waals surface area (Å²) in [5.74, 6) is -0.985. The molecular formula is C76H72BBrF2N14O12. The lowest BCUT2D eigenvalue weighted by Gasteiger charge is -2.32. The third-order valence-corrected chi connectivity index (χ3v) is 19.5. The molecule has 0 bridgehead atoms. The highest BCUT2D eigenvalue weighted by Crippen LogP contribution is 2.37. The van der Waals surface area contributed by atoms with E-state index in [-0.39, 0.29) is 56.5 Å². The summed E-state index contributed by atoms with van der Waals surface area (Å²) in [6.45, 7) is 18.7. The van der Waals surface area contributed by atoms with E-state index in [0.29, 0.717) is 137 Å². The third-order valence-electron chi connectivity index (χ3n) is 18.8. The molecule has 9 heterocycles. The van der Waals surface area contributed by atoms with Crippen molar-refractivity contribution in [3.63, 3.8) is 0 Å². The molecule has 0 saturated carbocycles. The molecule has 6 aromatic heterocycles. The van der Waals surface area contributed by atoms with Crippen molar-refractivity contribution in [2.45, 2.75) is 77.4 Å². The number of halogens is 3. The van der Waals surface area contributed by atoms with Gasteiger partial charge in [-0.3, -0.25) is 47.5 Å². The zero-order valence-corrected chi connectivity index (χ0v) is 61.1. The van der Waals surface area contributed by atoms with Crippen LogP contribution in [-0.2, 0) is 43.7 Å². The molecule has 30 heteroatoms. The summed E-state index contributed by atoms with van der Waals surface area (Å²) in [6, 6.07) is 32.5. The number of aromatic nitrogens is 8. The van der Waals surface area contributed by atoms with Crippen molar-refractivity contribution in [2.75, 3.05) is 63.2 Å². The number of morpholine rings is 2. The summed E-state index contributed by atoms with van der Waals surface area (Å²) in [4.78, 5) is 114. The maximum Gasteiger partial charge on any atom is 0.516 e. The summed E-state index contributed by atoms with van der Waals surface area (Å²) in [5.41, 5.74) is -0.771. The van der Waals surface area contributed by atoms with Crippen LogP contribution < -0.4 is 38.5 Å². The van der Waals surface area contributed by atoms with Crippen molar-refractivity contribution in [2.24, 2.45) is 14.1 Å². The first-order valence-electron chi connectivity index (χ1n) is 33.5. The van der Waals surface area contributed by atoms with E-state index in [1.807, 2.05) is 27.7 Å². The summed E-state index contributed by atoms with van der Waals surface area (Å²) < 4.78 is 58.1. The highest BCUT2D eigenvalue weighted by Gasteiger charge is 2.53. The van der Waals surface area contributed by atoms with Crippen LogP contribution in [0.1, 0.15) is 108 Å². The Kier molecular flexibility index (Phi) is 21.9. The molecule has 0 atom stereocenters. The molecule has 0 unspecified atom stereocenters. The SMILES string of the molecule is CC(C)(C#N)c1cc(F)c2c(=O)n(-c3cccc(Br)c3C=O)ccc2c1.Cn1nc(-c2cccc(-n3ccc4cc(C(C)(C)C#N)cc(F)c4c3=O)c2C=O)cc(Nc2ccc(C(=O)N3CCOCC3)cn2)c1=O.Cn1nc(B2OC(C)(C)C(C)(C)O2)cc(Nc2ccc(C(=O)N3CCOCC3)cn2)c1=O. The molecule has 2 N–H and O–H groups in total.